The predicted molar refractivity (Wildman–Crippen MR) is 87.3 cm³/mol. The Kier molecular flexibility index (Phi) is 4.82. The SMILES string of the molecule is O=[N+]([O-])c1ccc(CN2CCCN(c3nccs3)CC2)cc1F. The highest BCUT2D eigenvalue weighted by Crippen LogP contribution is 2.21. The summed E-state index contributed by atoms with van der Waals surface area (Å²) in [6.07, 6.45) is 2.82. The minimum Gasteiger partial charge on any atom is -0.347 e. The van der Waals surface area contributed by atoms with Gasteiger partial charge in [-0.2, -0.15) is 4.39 Å². The highest BCUT2D eigenvalue weighted by Gasteiger charge is 2.18. The van der Waals surface area contributed by atoms with E-state index in [-0.39, 0.29) is 0 Å². The molecule has 0 radical (unpaired) electrons. The van der Waals surface area contributed by atoms with Crippen LogP contribution in [-0.4, -0.2) is 41.0 Å². The molecule has 122 valence electrons. The summed E-state index contributed by atoms with van der Waals surface area (Å²) in [5.41, 5.74) is 0.287. The molecule has 0 N–H and O–H groups in total. The van der Waals surface area contributed by atoms with Crippen molar-refractivity contribution in [2.75, 3.05) is 31.1 Å². The van der Waals surface area contributed by atoms with E-state index in [1.807, 2.05) is 11.6 Å². The molecule has 0 atom stereocenters. The maximum absolute atomic E-state index is 13.7. The van der Waals surface area contributed by atoms with Gasteiger partial charge in [-0.1, -0.05) is 6.07 Å². The minimum absolute atomic E-state index is 0.473. The average Bonchev–Trinajstić information content (AvgIpc) is 2.95. The number of aromatic nitrogens is 1. The summed E-state index contributed by atoms with van der Waals surface area (Å²) in [5.74, 6) is -0.772. The van der Waals surface area contributed by atoms with Gasteiger partial charge in [0.15, 0.2) is 5.13 Å². The lowest BCUT2D eigenvalue weighted by Gasteiger charge is -2.21. The molecule has 1 aliphatic rings. The molecule has 23 heavy (non-hydrogen) atoms. The van der Waals surface area contributed by atoms with Gasteiger partial charge in [-0.05, 0) is 18.1 Å². The summed E-state index contributed by atoms with van der Waals surface area (Å²) in [7, 11) is 0. The first kappa shape index (κ1) is 15.8. The van der Waals surface area contributed by atoms with Crippen LogP contribution in [0.5, 0.6) is 0 Å². The Morgan fingerprint density at radius 1 is 1.30 bits per heavy atom. The zero-order chi connectivity index (χ0) is 16.2. The van der Waals surface area contributed by atoms with Crippen LogP contribution in [-0.2, 0) is 6.54 Å². The number of hydrogen-bond donors (Lipinski definition) is 0. The van der Waals surface area contributed by atoms with Crippen molar-refractivity contribution in [3.8, 4) is 0 Å². The molecule has 1 saturated heterocycles. The van der Waals surface area contributed by atoms with Crippen LogP contribution in [0.1, 0.15) is 12.0 Å². The van der Waals surface area contributed by atoms with E-state index in [0.29, 0.717) is 6.54 Å². The third-order valence-corrected chi connectivity index (χ3v) is 4.73. The molecule has 0 unspecified atom stereocenters. The van der Waals surface area contributed by atoms with Gasteiger partial charge in [0.1, 0.15) is 0 Å². The molecule has 6 nitrogen and oxygen atoms in total. The zero-order valence-electron chi connectivity index (χ0n) is 12.5. The minimum atomic E-state index is -0.772. The molecule has 0 amide bonds. The van der Waals surface area contributed by atoms with Crippen LogP contribution >= 0.6 is 11.3 Å². The molecular weight excluding hydrogens is 319 g/mol. The van der Waals surface area contributed by atoms with Gasteiger partial charge in [-0.15, -0.1) is 11.3 Å². The molecule has 3 rings (SSSR count). The standard InChI is InChI=1S/C15H17FN4O2S/c16-13-10-12(2-3-14(13)20(21)22)11-18-5-1-6-19(8-7-18)15-17-4-9-23-15/h2-4,9-10H,1,5-8,11H2. The summed E-state index contributed by atoms with van der Waals surface area (Å²) >= 11 is 1.63. The normalized spacial score (nSPS) is 16.3. The van der Waals surface area contributed by atoms with Gasteiger partial charge in [0.25, 0.3) is 0 Å². The summed E-state index contributed by atoms with van der Waals surface area (Å²) in [6.45, 7) is 4.21. The van der Waals surface area contributed by atoms with Gasteiger partial charge in [-0.25, -0.2) is 4.98 Å². The Hall–Kier alpha value is -2.06. The van der Waals surface area contributed by atoms with Crippen LogP contribution in [0.3, 0.4) is 0 Å². The van der Waals surface area contributed by atoms with Crippen LogP contribution in [0.25, 0.3) is 0 Å². The fraction of sp³-hybridized carbons (Fsp3) is 0.400. The van der Waals surface area contributed by atoms with Crippen molar-refractivity contribution < 1.29 is 9.31 Å². The number of anilines is 1. The van der Waals surface area contributed by atoms with Crippen molar-refractivity contribution in [3.05, 3.63) is 51.3 Å². The summed E-state index contributed by atoms with van der Waals surface area (Å²) in [4.78, 5) is 18.8. The molecule has 2 heterocycles. The Morgan fingerprint density at radius 2 is 2.17 bits per heavy atom. The monoisotopic (exact) mass is 336 g/mol. The number of nitro groups is 1. The topological polar surface area (TPSA) is 62.5 Å². The first-order valence-electron chi connectivity index (χ1n) is 7.43. The van der Waals surface area contributed by atoms with Gasteiger partial charge < -0.3 is 4.90 Å². The number of thiazole rings is 1. The van der Waals surface area contributed by atoms with Gasteiger partial charge in [-0.3, -0.25) is 15.0 Å². The van der Waals surface area contributed by atoms with Crippen molar-refractivity contribution >= 4 is 22.2 Å². The zero-order valence-corrected chi connectivity index (χ0v) is 13.3. The Morgan fingerprint density at radius 3 is 2.87 bits per heavy atom. The highest BCUT2D eigenvalue weighted by atomic mass is 32.1. The Balaban J connectivity index is 1.62. The Labute approximate surface area is 137 Å². The molecule has 0 spiro atoms. The Bertz CT molecular complexity index is 680. The van der Waals surface area contributed by atoms with Crippen molar-refractivity contribution in [2.24, 2.45) is 0 Å². The van der Waals surface area contributed by atoms with E-state index in [0.717, 1.165) is 43.3 Å². The van der Waals surface area contributed by atoms with E-state index in [4.69, 9.17) is 0 Å². The number of halogens is 1. The van der Waals surface area contributed by atoms with Crippen LogP contribution in [0.15, 0.2) is 29.8 Å². The summed E-state index contributed by atoms with van der Waals surface area (Å²) < 4.78 is 13.7. The second-order valence-electron chi connectivity index (χ2n) is 5.47. The van der Waals surface area contributed by atoms with E-state index in [2.05, 4.69) is 14.8 Å². The molecule has 1 aliphatic heterocycles. The first-order valence-corrected chi connectivity index (χ1v) is 8.31. The summed E-state index contributed by atoms with van der Waals surface area (Å²) in [5, 5.41) is 13.7. The molecule has 0 bridgehead atoms. The van der Waals surface area contributed by atoms with Crippen LogP contribution in [0, 0.1) is 15.9 Å². The number of rotatable bonds is 4. The lowest BCUT2D eigenvalue weighted by Crippen LogP contribution is -2.30. The van der Waals surface area contributed by atoms with Gasteiger partial charge in [0.05, 0.1) is 4.92 Å². The third-order valence-electron chi connectivity index (χ3n) is 3.89. The fourth-order valence-corrected chi connectivity index (χ4v) is 3.44. The largest absolute Gasteiger partial charge is 0.347 e. The molecule has 1 fully saturated rings. The quantitative estimate of drug-likeness (QED) is 0.634. The van der Waals surface area contributed by atoms with Crippen LogP contribution < -0.4 is 4.90 Å². The maximum atomic E-state index is 13.7. The van der Waals surface area contributed by atoms with E-state index >= 15 is 0 Å². The lowest BCUT2D eigenvalue weighted by molar-refractivity contribution is -0.387. The van der Waals surface area contributed by atoms with E-state index in [9.17, 15) is 14.5 Å². The van der Waals surface area contributed by atoms with Gasteiger partial charge in [0.2, 0.25) is 5.82 Å². The smallest absolute Gasteiger partial charge is 0.304 e. The van der Waals surface area contributed by atoms with Crippen molar-refractivity contribution in [2.45, 2.75) is 13.0 Å². The third kappa shape index (κ3) is 3.83. The molecule has 0 saturated carbocycles. The number of nitrogens with zero attached hydrogens (tertiary/aromatic N) is 4. The second-order valence-corrected chi connectivity index (χ2v) is 6.35. The fourth-order valence-electron chi connectivity index (χ4n) is 2.75. The molecule has 8 heteroatoms. The van der Waals surface area contributed by atoms with Crippen molar-refractivity contribution in [1.29, 1.82) is 0 Å². The molecular formula is C15H17FN4O2S. The van der Waals surface area contributed by atoms with Crippen LogP contribution in [0.2, 0.25) is 0 Å². The van der Waals surface area contributed by atoms with E-state index < -0.39 is 16.4 Å². The second kappa shape index (κ2) is 7.01. The van der Waals surface area contributed by atoms with Crippen molar-refractivity contribution in [3.63, 3.8) is 0 Å². The molecule has 0 aliphatic carbocycles. The maximum Gasteiger partial charge on any atom is 0.304 e. The van der Waals surface area contributed by atoms with Gasteiger partial charge in [0, 0.05) is 50.4 Å². The van der Waals surface area contributed by atoms with E-state index in [1.54, 1.807) is 17.4 Å². The predicted octanol–water partition coefficient (Wildman–Crippen LogP) is 2.90. The first-order chi connectivity index (χ1) is 11.1. The average molecular weight is 336 g/mol. The molecule has 2 aromatic rings. The number of benzene rings is 1. The number of nitro benzene ring substituents is 1. The van der Waals surface area contributed by atoms with Crippen molar-refractivity contribution in [1.82, 2.24) is 9.88 Å². The number of hydrogen-bond acceptors (Lipinski definition) is 6. The molecule has 1 aromatic heterocycles. The van der Waals surface area contributed by atoms with Crippen LogP contribution in [0.4, 0.5) is 15.2 Å². The summed E-state index contributed by atoms with van der Waals surface area (Å²) in [6, 6.07) is 4.14. The van der Waals surface area contributed by atoms with Gasteiger partial charge >= 0.3 is 5.69 Å². The lowest BCUT2D eigenvalue weighted by atomic mass is 10.2. The molecule has 1 aromatic carbocycles. The van der Waals surface area contributed by atoms with E-state index in [1.165, 1.54) is 12.1 Å². The highest BCUT2D eigenvalue weighted by molar-refractivity contribution is 7.13.